The van der Waals surface area contributed by atoms with Crippen LogP contribution in [0.2, 0.25) is 0 Å². The molecule has 0 radical (unpaired) electrons. The maximum atomic E-state index is 13.4. The van der Waals surface area contributed by atoms with E-state index in [0.717, 1.165) is 25.7 Å². The van der Waals surface area contributed by atoms with Crippen LogP contribution >= 0.6 is 0 Å². The van der Waals surface area contributed by atoms with Gasteiger partial charge in [-0.1, -0.05) is 25.7 Å². The molecule has 0 aliphatic heterocycles. The zero-order valence-corrected chi connectivity index (χ0v) is 7.84. The molecule has 1 aliphatic rings. The van der Waals surface area contributed by atoms with Crippen molar-refractivity contribution in [3.8, 4) is 0 Å². The number of nitrogens with zero attached hydrogens (tertiary/aromatic N) is 1. The number of isocyanates is 1. The summed E-state index contributed by atoms with van der Waals surface area (Å²) in [6.07, 6.45) is 7.05. The summed E-state index contributed by atoms with van der Waals surface area (Å²) in [5.41, 5.74) is 0. The predicted octanol–water partition coefficient (Wildman–Crippen LogP) is 2.63. The number of carbonyl (C=O) groups excluding carboxylic acids is 1. The van der Waals surface area contributed by atoms with E-state index in [0.29, 0.717) is 0 Å². The quantitative estimate of drug-likeness (QED) is 0.377. The third kappa shape index (κ3) is 3.69. The minimum absolute atomic E-state index is 0.00810. The lowest BCUT2D eigenvalue weighted by atomic mass is 9.95. The van der Waals surface area contributed by atoms with Gasteiger partial charge < -0.3 is 0 Å². The molecule has 13 heavy (non-hydrogen) atoms. The Kier molecular flexibility index (Phi) is 4.69. The molecular formula is C10H16FNO. The van der Waals surface area contributed by atoms with Crippen LogP contribution in [0.25, 0.3) is 0 Å². The summed E-state index contributed by atoms with van der Waals surface area (Å²) in [5.74, 6) is 0.125. The highest BCUT2D eigenvalue weighted by Crippen LogP contribution is 2.27. The molecule has 0 saturated heterocycles. The van der Waals surface area contributed by atoms with Crippen molar-refractivity contribution < 1.29 is 9.18 Å². The Bertz CT molecular complexity index is 181. The lowest BCUT2D eigenvalue weighted by Crippen LogP contribution is -2.18. The molecule has 1 aliphatic carbocycles. The smallest absolute Gasteiger partial charge is 0.235 e. The maximum absolute atomic E-state index is 13.4. The van der Waals surface area contributed by atoms with E-state index in [1.807, 2.05) is 0 Å². The molecule has 0 aromatic rings. The summed E-state index contributed by atoms with van der Waals surface area (Å²) in [5, 5.41) is 0. The van der Waals surface area contributed by atoms with Crippen LogP contribution in [-0.2, 0) is 4.79 Å². The van der Waals surface area contributed by atoms with Crippen LogP contribution in [0, 0.1) is 5.92 Å². The van der Waals surface area contributed by atoms with E-state index < -0.39 is 6.17 Å². The van der Waals surface area contributed by atoms with Crippen LogP contribution in [0.1, 0.15) is 38.5 Å². The second-order valence-electron chi connectivity index (χ2n) is 3.70. The molecule has 2 nitrogen and oxygen atoms in total. The van der Waals surface area contributed by atoms with Crippen molar-refractivity contribution in [3.63, 3.8) is 0 Å². The van der Waals surface area contributed by atoms with Crippen LogP contribution in [-0.4, -0.2) is 18.8 Å². The third-order valence-electron chi connectivity index (χ3n) is 2.74. The highest BCUT2D eigenvalue weighted by atomic mass is 19.1. The Morgan fingerprint density at radius 1 is 1.31 bits per heavy atom. The Labute approximate surface area is 78.2 Å². The van der Waals surface area contributed by atoms with Gasteiger partial charge in [-0.2, -0.15) is 0 Å². The van der Waals surface area contributed by atoms with Crippen LogP contribution in [0.5, 0.6) is 0 Å². The Morgan fingerprint density at radius 2 is 1.92 bits per heavy atom. The molecule has 1 fully saturated rings. The highest BCUT2D eigenvalue weighted by Gasteiger charge is 2.21. The van der Waals surface area contributed by atoms with Crippen LogP contribution in [0.15, 0.2) is 4.99 Å². The van der Waals surface area contributed by atoms with E-state index in [-0.39, 0.29) is 12.5 Å². The average molecular weight is 185 g/mol. The molecule has 0 amide bonds. The average Bonchev–Trinajstić information content (AvgIpc) is 2.42. The fourth-order valence-electron chi connectivity index (χ4n) is 1.95. The molecule has 0 bridgehead atoms. The van der Waals surface area contributed by atoms with E-state index in [1.165, 1.54) is 18.9 Å². The van der Waals surface area contributed by atoms with Gasteiger partial charge in [-0.25, -0.2) is 14.2 Å². The van der Waals surface area contributed by atoms with Crippen molar-refractivity contribution in [2.45, 2.75) is 44.7 Å². The molecule has 3 heteroatoms. The Balaban J connectivity index is 2.34. The summed E-state index contributed by atoms with van der Waals surface area (Å²) in [7, 11) is 0. The van der Waals surface area contributed by atoms with Crippen LogP contribution in [0.3, 0.4) is 0 Å². The van der Waals surface area contributed by atoms with Gasteiger partial charge in [0.2, 0.25) is 6.08 Å². The van der Waals surface area contributed by atoms with E-state index in [9.17, 15) is 9.18 Å². The molecule has 0 heterocycles. The van der Waals surface area contributed by atoms with Crippen molar-refractivity contribution in [1.82, 2.24) is 0 Å². The van der Waals surface area contributed by atoms with Gasteiger partial charge in [0.1, 0.15) is 6.17 Å². The predicted molar refractivity (Wildman–Crippen MR) is 49.1 cm³/mol. The first-order valence-electron chi connectivity index (χ1n) is 5.02. The first-order chi connectivity index (χ1) is 6.34. The Morgan fingerprint density at radius 3 is 2.46 bits per heavy atom. The molecule has 0 aromatic heterocycles. The van der Waals surface area contributed by atoms with E-state index >= 15 is 0 Å². The van der Waals surface area contributed by atoms with Gasteiger partial charge in [-0.05, 0) is 18.8 Å². The third-order valence-corrected chi connectivity index (χ3v) is 2.74. The maximum Gasteiger partial charge on any atom is 0.235 e. The molecule has 1 saturated carbocycles. The van der Waals surface area contributed by atoms with Gasteiger partial charge in [-0.15, -0.1) is 0 Å². The minimum atomic E-state index is -0.931. The lowest BCUT2D eigenvalue weighted by molar-refractivity contribution is 0.216. The van der Waals surface area contributed by atoms with Gasteiger partial charge in [0.05, 0.1) is 6.54 Å². The van der Waals surface area contributed by atoms with Crippen molar-refractivity contribution in [2.75, 3.05) is 6.54 Å². The molecule has 0 spiro atoms. The van der Waals surface area contributed by atoms with Gasteiger partial charge in [-0.3, -0.25) is 0 Å². The SMILES string of the molecule is O=C=NCC(F)C1CCCCCC1. The monoisotopic (exact) mass is 185 g/mol. The Hall–Kier alpha value is -0.690. The van der Waals surface area contributed by atoms with Gasteiger partial charge in [0.15, 0.2) is 0 Å². The molecule has 1 atom stereocenters. The molecule has 1 rings (SSSR count). The van der Waals surface area contributed by atoms with Gasteiger partial charge in [0, 0.05) is 0 Å². The van der Waals surface area contributed by atoms with Crippen LogP contribution in [0.4, 0.5) is 4.39 Å². The molecule has 74 valence electrons. The van der Waals surface area contributed by atoms with Gasteiger partial charge in [0.25, 0.3) is 0 Å². The van der Waals surface area contributed by atoms with Crippen molar-refractivity contribution in [2.24, 2.45) is 10.9 Å². The lowest BCUT2D eigenvalue weighted by Gasteiger charge is -2.16. The fourth-order valence-corrected chi connectivity index (χ4v) is 1.95. The fraction of sp³-hybridized carbons (Fsp3) is 0.900. The zero-order chi connectivity index (χ0) is 9.52. The molecule has 0 aromatic carbocycles. The number of hydrogen-bond donors (Lipinski definition) is 0. The second-order valence-corrected chi connectivity index (χ2v) is 3.70. The number of halogens is 1. The topological polar surface area (TPSA) is 29.4 Å². The summed E-state index contributed by atoms with van der Waals surface area (Å²) in [4.78, 5) is 13.1. The van der Waals surface area contributed by atoms with E-state index in [2.05, 4.69) is 4.99 Å². The number of hydrogen-bond acceptors (Lipinski definition) is 2. The summed E-state index contributed by atoms with van der Waals surface area (Å²) >= 11 is 0. The summed E-state index contributed by atoms with van der Waals surface area (Å²) in [6, 6.07) is 0. The number of rotatable bonds is 3. The van der Waals surface area contributed by atoms with Crippen molar-refractivity contribution >= 4 is 6.08 Å². The normalized spacial score (nSPS) is 21.6. The zero-order valence-electron chi connectivity index (χ0n) is 7.84. The molecular weight excluding hydrogens is 169 g/mol. The van der Waals surface area contributed by atoms with E-state index in [1.54, 1.807) is 0 Å². The second kappa shape index (κ2) is 5.87. The first-order valence-corrected chi connectivity index (χ1v) is 5.02. The number of alkyl halides is 1. The molecule has 0 N–H and O–H groups in total. The number of aliphatic imine (C=N–C) groups is 1. The summed E-state index contributed by atoms with van der Waals surface area (Å²) < 4.78 is 13.4. The van der Waals surface area contributed by atoms with Crippen molar-refractivity contribution in [1.29, 1.82) is 0 Å². The molecule has 1 unspecified atom stereocenters. The standard InChI is InChI=1S/C10H16FNO/c11-10(7-12-8-13)9-5-3-1-2-4-6-9/h9-10H,1-7H2. The largest absolute Gasteiger partial charge is 0.245 e. The highest BCUT2D eigenvalue weighted by molar-refractivity contribution is 5.32. The minimum Gasteiger partial charge on any atom is -0.245 e. The van der Waals surface area contributed by atoms with E-state index in [4.69, 9.17) is 0 Å². The van der Waals surface area contributed by atoms with Crippen LogP contribution < -0.4 is 0 Å². The van der Waals surface area contributed by atoms with Crippen molar-refractivity contribution in [3.05, 3.63) is 0 Å². The van der Waals surface area contributed by atoms with Gasteiger partial charge >= 0.3 is 0 Å². The first kappa shape index (κ1) is 10.4. The summed E-state index contributed by atoms with van der Waals surface area (Å²) in [6.45, 7) is 0.00810.